The number of hydrogen-bond acceptors (Lipinski definition) is 4. The minimum atomic E-state index is -4.71. The number of anilines is 2. The lowest BCUT2D eigenvalue weighted by Gasteiger charge is -2.15. The Bertz CT molecular complexity index is 1260. The van der Waals surface area contributed by atoms with E-state index in [-0.39, 0.29) is 16.3 Å². The number of amides is 1. The van der Waals surface area contributed by atoms with E-state index >= 15 is 0 Å². The van der Waals surface area contributed by atoms with Gasteiger partial charge in [0.1, 0.15) is 5.75 Å². The van der Waals surface area contributed by atoms with Crippen molar-refractivity contribution < 1.29 is 31.1 Å². The molecule has 0 bridgehead atoms. The van der Waals surface area contributed by atoms with Crippen LogP contribution in [0.2, 0.25) is 0 Å². The minimum Gasteiger partial charge on any atom is -0.495 e. The smallest absolute Gasteiger partial charge is 0.417 e. The number of carbonyl (C=O) groups is 1. The molecule has 0 aliphatic carbocycles. The highest BCUT2D eigenvalue weighted by molar-refractivity contribution is 7.92. The molecular formula is C22H19F3N2O4S. The van der Waals surface area contributed by atoms with Gasteiger partial charge in [-0.05, 0) is 48.9 Å². The molecule has 3 aromatic rings. The Morgan fingerprint density at radius 2 is 1.62 bits per heavy atom. The second-order valence-corrected chi connectivity index (χ2v) is 8.43. The summed E-state index contributed by atoms with van der Waals surface area (Å²) < 4.78 is 73.1. The van der Waals surface area contributed by atoms with Gasteiger partial charge in [-0.25, -0.2) is 8.42 Å². The van der Waals surface area contributed by atoms with E-state index in [1.54, 1.807) is 25.1 Å². The molecule has 0 atom stereocenters. The monoisotopic (exact) mass is 464 g/mol. The van der Waals surface area contributed by atoms with Crippen molar-refractivity contribution in [2.45, 2.75) is 18.0 Å². The van der Waals surface area contributed by atoms with Crippen molar-refractivity contribution in [2.24, 2.45) is 0 Å². The molecule has 0 aromatic heterocycles. The van der Waals surface area contributed by atoms with E-state index in [1.807, 2.05) is 0 Å². The summed E-state index contributed by atoms with van der Waals surface area (Å²) in [7, 11) is -2.70. The first-order valence-corrected chi connectivity index (χ1v) is 10.8. The normalized spacial score (nSPS) is 11.7. The van der Waals surface area contributed by atoms with Crippen molar-refractivity contribution in [1.29, 1.82) is 0 Å². The van der Waals surface area contributed by atoms with Crippen LogP contribution in [-0.2, 0) is 16.2 Å². The van der Waals surface area contributed by atoms with Gasteiger partial charge in [-0.2, -0.15) is 13.2 Å². The van der Waals surface area contributed by atoms with E-state index in [0.29, 0.717) is 11.3 Å². The highest BCUT2D eigenvalue weighted by atomic mass is 32.2. The molecule has 0 radical (unpaired) electrons. The molecule has 0 heterocycles. The van der Waals surface area contributed by atoms with Crippen molar-refractivity contribution in [3.63, 3.8) is 0 Å². The molecule has 3 rings (SSSR count). The van der Waals surface area contributed by atoms with Gasteiger partial charge >= 0.3 is 6.18 Å². The number of nitrogens with one attached hydrogen (secondary N) is 2. The minimum absolute atomic E-state index is 0.0259. The van der Waals surface area contributed by atoms with Gasteiger partial charge < -0.3 is 10.1 Å². The SMILES string of the molecule is COc1ccccc1NS(=O)(=O)c1cc(NC(=O)c2ccccc2C(F)(F)F)ccc1C. The van der Waals surface area contributed by atoms with E-state index in [9.17, 15) is 26.4 Å². The molecule has 10 heteroatoms. The van der Waals surface area contributed by atoms with Gasteiger partial charge in [0.05, 0.1) is 28.8 Å². The zero-order valence-electron chi connectivity index (χ0n) is 17.0. The number of aryl methyl sites for hydroxylation is 1. The summed E-state index contributed by atoms with van der Waals surface area (Å²) in [5, 5.41) is 2.34. The third-order valence-corrected chi connectivity index (χ3v) is 6.07. The number of alkyl halides is 3. The number of halogens is 3. The van der Waals surface area contributed by atoms with E-state index in [0.717, 1.165) is 12.1 Å². The summed E-state index contributed by atoms with van der Waals surface area (Å²) in [5.41, 5.74) is -1.05. The number of ether oxygens (including phenoxy) is 1. The number of benzene rings is 3. The van der Waals surface area contributed by atoms with Crippen LogP contribution in [0.4, 0.5) is 24.5 Å². The van der Waals surface area contributed by atoms with Gasteiger partial charge in [-0.15, -0.1) is 0 Å². The summed E-state index contributed by atoms with van der Waals surface area (Å²) >= 11 is 0. The van der Waals surface area contributed by atoms with Crippen LogP contribution in [0.15, 0.2) is 71.6 Å². The van der Waals surface area contributed by atoms with Crippen LogP contribution in [0.3, 0.4) is 0 Å². The Balaban J connectivity index is 1.92. The van der Waals surface area contributed by atoms with Gasteiger partial charge in [-0.1, -0.05) is 30.3 Å². The van der Waals surface area contributed by atoms with Crippen LogP contribution in [0.1, 0.15) is 21.5 Å². The van der Waals surface area contributed by atoms with Crippen LogP contribution in [0.25, 0.3) is 0 Å². The third kappa shape index (κ3) is 5.02. The molecule has 32 heavy (non-hydrogen) atoms. The maximum Gasteiger partial charge on any atom is 0.417 e. The molecule has 0 aliphatic rings. The molecule has 1 amide bonds. The predicted molar refractivity (Wildman–Crippen MR) is 114 cm³/mol. The Morgan fingerprint density at radius 3 is 2.31 bits per heavy atom. The zero-order chi connectivity index (χ0) is 23.5. The van der Waals surface area contributed by atoms with Gasteiger partial charge in [0.2, 0.25) is 0 Å². The fourth-order valence-corrected chi connectivity index (χ4v) is 4.36. The Morgan fingerprint density at radius 1 is 0.969 bits per heavy atom. The molecule has 6 nitrogen and oxygen atoms in total. The lowest BCUT2D eigenvalue weighted by atomic mass is 10.1. The van der Waals surface area contributed by atoms with Crippen LogP contribution in [-0.4, -0.2) is 21.4 Å². The molecule has 0 spiro atoms. The van der Waals surface area contributed by atoms with Crippen molar-refractivity contribution in [2.75, 3.05) is 17.1 Å². The van der Waals surface area contributed by atoms with Gasteiger partial charge in [0, 0.05) is 5.69 Å². The van der Waals surface area contributed by atoms with Crippen LogP contribution in [0, 0.1) is 6.92 Å². The zero-order valence-corrected chi connectivity index (χ0v) is 17.8. The maximum absolute atomic E-state index is 13.2. The molecule has 0 saturated carbocycles. The summed E-state index contributed by atoms with van der Waals surface area (Å²) in [6.45, 7) is 1.56. The predicted octanol–water partition coefficient (Wildman–Crippen LogP) is 5.08. The van der Waals surface area contributed by atoms with E-state index < -0.39 is 33.2 Å². The second-order valence-electron chi connectivity index (χ2n) is 6.78. The number of para-hydroxylation sites is 2. The summed E-state index contributed by atoms with van der Waals surface area (Å²) in [6.07, 6.45) is -4.71. The Kier molecular flexibility index (Phi) is 6.45. The molecule has 0 fully saturated rings. The fourth-order valence-electron chi connectivity index (χ4n) is 3.02. The fraction of sp³-hybridized carbons (Fsp3) is 0.136. The summed E-state index contributed by atoms with van der Waals surface area (Å²) in [4.78, 5) is 12.4. The highest BCUT2D eigenvalue weighted by Crippen LogP contribution is 2.33. The second kappa shape index (κ2) is 8.91. The summed E-state index contributed by atoms with van der Waals surface area (Å²) in [6, 6.07) is 14.8. The average Bonchev–Trinajstić information content (AvgIpc) is 2.74. The molecule has 0 unspecified atom stereocenters. The van der Waals surface area contributed by atoms with Crippen molar-refractivity contribution in [1.82, 2.24) is 0 Å². The number of methoxy groups -OCH3 is 1. The first-order valence-electron chi connectivity index (χ1n) is 9.27. The molecule has 3 aromatic carbocycles. The average molecular weight is 464 g/mol. The van der Waals surface area contributed by atoms with Gasteiger partial charge in [0.25, 0.3) is 15.9 Å². The highest BCUT2D eigenvalue weighted by Gasteiger charge is 2.35. The lowest BCUT2D eigenvalue weighted by Crippen LogP contribution is -2.19. The number of hydrogen-bond donors (Lipinski definition) is 2. The van der Waals surface area contributed by atoms with Crippen LogP contribution >= 0.6 is 0 Å². The van der Waals surface area contributed by atoms with Crippen molar-refractivity contribution in [3.8, 4) is 5.75 Å². The quantitative estimate of drug-likeness (QED) is 0.533. The number of carbonyl (C=O) groups excluding carboxylic acids is 1. The summed E-state index contributed by atoms with van der Waals surface area (Å²) in [5.74, 6) is -0.704. The Hall–Kier alpha value is -3.53. The van der Waals surface area contributed by atoms with Gasteiger partial charge in [-0.3, -0.25) is 9.52 Å². The molecule has 0 aliphatic heterocycles. The number of rotatable bonds is 6. The third-order valence-electron chi connectivity index (χ3n) is 4.56. The molecule has 0 saturated heterocycles. The van der Waals surface area contributed by atoms with E-state index in [1.165, 1.54) is 43.5 Å². The first-order chi connectivity index (χ1) is 15.0. The molecule has 2 N–H and O–H groups in total. The maximum atomic E-state index is 13.2. The van der Waals surface area contributed by atoms with E-state index in [4.69, 9.17) is 4.74 Å². The molecular weight excluding hydrogens is 445 g/mol. The molecule has 168 valence electrons. The van der Waals surface area contributed by atoms with Gasteiger partial charge in [0.15, 0.2) is 0 Å². The standard InChI is InChI=1S/C22H19F3N2O4S/c1-14-11-12-15(26-21(28)16-7-3-4-8-17(16)22(23,24)25)13-20(14)32(29,30)27-18-9-5-6-10-19(18)31-2/h3-13,27H,1-2H3,(H,26,28). The lowest BCUT2D eigenvalue weighted by molar-refractivity contribution is -0.137. The Labute approximate surface area is 183 Å². The topological polar surface area (TPSA) is 84.5 Å². The van der Waals surface area contributed by atoms with Crippen molar-refractivity contribution >= 4 is 27.3 Å². The largest absolute Gasteiger partial charge is 0.495 e. The van der Waals surface area contributed by atoms with E-state index in [2.05, 4.69) is 10.0 Å². The van der Waals surface area contributed by atoms with Crippen molar-refractivity contribution in [3.05, 3.63) is 83.4 Å². The number of sulfonamides is 1. The first kappa shape index (κ1) is 23.1. The van der Waals surface area contributed by atoms with Crippen LogP contribution < -0.4 is 14.8 Å². The van der Waals surface area contributed by atoms with Crippen LogP contribution in [0.5, 0.6) is 5.75 Å².